The molecule has 1 N–H and O–H groups in total. The van der Waals surface area contributed by atoms with E-state index in [4.69, 9.17) is 9.72 Å². The third-order valence-corrected chi connectivity index (χ3v) is 6.99. The van der Waals surface area contributed by atoms with Gasteiger partial charge in [-0.3, -0.25) is 4.79 Å². The van der Waals surface area contributed by atoms with Crippen molar-refractivity contribution in [3.63, 3.8) is 0 Å². The summed E-state index contributed by atoms with van der Waals surface area (Å²) in [6.45, 7) is 1.78. The number of carbonyl (C=O) groups is 2. The zero-order chi connectivity index (χ0) is 22.7. The van der Waals surface area contributed by atoms with Crippen LogP contribution < -0.4 is 4.90 Å². The van der Waals surface area contributed by atoms with Crippen molar-refractivity contribution in [2.45, 2.75) is 42.7 Å². The average Bonchev–Trinajstić information content (AvgIpc) is 3.33. The molecule has 32 heavy (non-hydrogen) atoms. The molecule has 2 fully saturated rings. The number of aromatic nitrogens is 1. The van der Waals surface area contributed by atoms with E-state index in [1.54, 1.807) is 16.7 Å². The summed E-state index contributed by atoms with van der Waals surface area (Å²) in [4.78, 5) is 35.5. The van der Waals surface area contributed by atoms with Crippen LogP contribution in [-0.2, 0) is 9.53 Å². The molecule has 1 atom stereocenters. The second kappa shape index (κ2) is 9.92. The Hall–Kier alpha value is -2.58. The van der Waals surface area contributed by atoms with Crippen molar-refractivity contribution in [1.82, 2.24) is 9.88 Å². The first-order chi connectivity index (χ1) is 15.5. The molecule has 170 valence electrons. The number of ether oxygens (including phenoxy) is 1. The van der Waals surface area contributed by atoms with E-state index in [2.05, 4.69) is 17.0 Å². The number of esters is 1. The fourth-order valence-corrected chi connectivity index (χ4v) is 4.81. The normalized spacial score (nSPS) is 19.3. The van der Waals surface area contributed by atoms with Crippen molar-refractivity contribution >= 4 is 29.5 Å². The second-order valence-corrected chi connectivity index (χ2v) is 9.07. The number of amides is 1. The number of benzene rings is 1. The number of aliphatic hydroxyl groups excluding tert-OH is 1. The lowest BCUT2D eigenvalue weighted by Gasteiger charge is -2.33. The minimum absolute atomic E-state index is 0.198. The third-order valence-electron chi connectivity index (χ3n) is 6.24. The van der Waals surface area contributed by atoms with E-state index in [1.807, 2.05) is 30.5 Å². The summed E-state index contributed by atoms with van der Waals surface area (Å²) >= 11 is 1.68. The first kappa shape index (κ1) is 22.6. The van der Waals surface area contributed by atoms with Gasteiger partial charge in [0.25, 0.3) is 5.91 Å². The van der Waals surface area contributed by atoms with E-state index in [0.717, 1.165) is 17.7 Å². The number of pyridine rings is 1. The molecule has 0 unspecified atom stereocenters. The molecule has 2 aliphatic heterocycles. The van der Waals surface area contributed by atoms with Crippen LogP contribution in [0.3, 0.4) is 0 Å². The lowest BCUT2D eigenvalue weighted by atomic mass is 10.1. The van der Waals surface area contributed by atoms with Crippen LogP contribution in [0.5, 0.6) is 0 Å². The molecule has 2 aromatic rings. The Labute approximate surface area is 192 Å². The lowest BCUT2D eigenvalue weighted by Crippen LogP contribution is -2.42. The molecule has 0 aliphatic carbocycles. The van der Waals surface area contributed by atoms with Crippen LogP contribution in [0.4, 0.5) is 5.82 Å². The second-order valence-electron chi connectivity index (χ2n) is 8.19. The van der Waals surface area contributed by atoms with E-state index < -0.39 is 6.04 Å². The van der Waals surface area contributed by atoms with Crippen molar-refractivity contribution in [3.05, 3.63) is 42.0 Å². The fourth-order valence-electron chi connectivity index (χ4n) is 4.40. The number of nitrogens with zero attached hydrogens (tertiary/aromatic N) is 3. The topological polar surface area (TPSA) is 83.0 Å². The maximum Gasteiger partial charge on any atom is 0.328 e. The monoisotopic (exact) mass is 455 g/mol. The Morgan fingerprint density at radius 3 is 2.44 bits per heavy atom. The molecule has 1 amide bonds. The number of thioether (sulfide) groups is 1. The Morgan fingerprint density at radius 2 is 1.78 bits per heavy atom. The van der Waals surface area contributed by atoms with Gasteiger partial charge < -0.3 is 19.6 Å². The van der Waals surface area contributed by atoms with Crippen molar-refractivity contribution in [2.75, 3.05) is 37.9 Å². The van der Waals surface area contributed by atoms with Gasteiger partial charge in [-0.2, -0.15) is 0 Å². The van der Waals surface area contributed by atoms with Gasteiger partial charge in [0.15, 0.2) is 0 Å². The number of aliphatic hydroxyl groups is 1. The van der Waals surface area contributed by atoms with Crippen LogP contribution in [0.25, 0.3) is 11.3 Å². The maximum absolute atomic E-state index is 13.5. The predicted molar refractivity (Wildman–Crippen MR) is 125 cm³/mol. The van der Waals surface area contributed by atoms with Crippen molar-refractivity contribution in [1.29, 1.82) is 0 Å². The summed E-state index contributed by atoms with van der Waals surface area (Å²) < 4.78 is 4.92. The lowest BCUT2D eigenvalue weighted by molar-refractivity contribution is -0.145. The standard InChI is InChI=1S/C24H29N3O4S/c1-31-24(30)21-4-3-13-27(21)23(29)19-9-10-20(16-5-7-18(32-2)8-6-16)25-22(19)26-14-11-17(28)12-15-26/h5-10,17,21,28H,3-4,11-15H2,1-2H3/t21-/m0/s1. The molecule has 2 aliphatic rings. The van der Waals surface area contributed by atoms with Gasteiger partial charge >= 0.3 is 5.97 Å². The van der Waals surface area contributed by atoms with Gasteiger partial charge in [-0.05, 0) is 56.2 Å². The van der Waals surface area contributed by atoms with Gasteiger partial charge in [0.2, 0.25) is 0 Å². The number of hydrogen-bond donors (Lipinski definition) is 1. The summed E-state index contributed by atoms with van der Waals surface area (Å²) in [6, 6.07) is 11.3. The van der Waals surface area contributed by atoms with Crippen LogP contribution in [0.1, 0.15) is 36.0 Å². The summed E-state index contributed by atoms with van der Waals surface area (Å²) in [5, 5.41) is 9.95. The van der Waals surface area contributed by atoms with E-state index >= 15 is 0 Å². The SMILES string of the molecule is COC(=O)[C@@H]1CCCN1C(=O)c1ccc(-c2ccc(SC)cc2)nc1N1CCC(O)CC1. The van der Waals surface area contributed by atoms with Crippen LogP contribution in [0.15, 0.2) is 41.3 Å². The quantitative estimate of drug-likeness (QED) is 0.548. The van der Waals surface area contributed by atoms with Gasteiger partial charge in [0, 0.05) is 30.1 Å². The van der Waals surface area contributed by atoms with E-state index in [1.165, 1.54) is 12.0 Å². The van der Waals surface area contributed by atoms with Crippen LogP contribution in [0.2, 0.25) is 0 Å². The van der Waals surface area contributed by atoms with Gasteiger partial charge in [-0.25, -0.2) is 9.78 Å². The number of carbonyl (C=O) groups excluding carboxylic acids is 2. The van der Waals surface area contributed by atoms with Gasteiger partial charge in [-0.15, -0.1) is 11.8 Å². The fraction of sp³-hybridized carbons (Fsp3) is 0.458. The average molecular weight is 456 g/mol. The van der Waals surface area contributed by atoms with Gasteiger partial charge in [-0.1, -0.05) is 12.1 Å². The molecule has 0 bridgehead atoms. The minimum Gasteiger partial charge on any atom is -0.467 e. The van der Waals surface area contributed by atoms with E-state index in [0.29, 0.717) is 50.3 Å². The molecular weight excluding hydrogens is 426 g/mol. The highest BCUT2D eigenvalue weighted by atomic mass is 32.2. The molecule has 7 nitrogen and oxygen atoms in total. The van der Waals surface area contributed by atoms with Crippen molar-refractivity contribution in [2.24, 2.45) is 0 Å². The van der Waals surface area contributed by atoms with Crippen LogP contribution in [0, 0.1) is 0 Å². The number of likely N-dealkylation sites (tertiary alicyclic amines) is 1. The summed E-state index contributed by atoms with van der Waals surface area (Å²) in [5.74, 6) is 0.0385. The Morgan fingerprint density at radius 1 is 1.06 bits per heavy atom. The zero-order valence-electron chi connectivity index (χ0n) is 18.5. The molecular formula is C24H29N3O4S. The highest BCUT2D eigenvalue weighted by Crippen LogP contribution is 2.30. The molecule has 1 aromatic heterocycles. The van der Waals surface area contributed by atoms with E-state index in [9.17, 15) is 14.7 Å². The number of rotatable bonds is 5. The number of methoxy groups -OCH3 is 1. The van der Waals surface area contributed by atoms with Crippen molar-refractivity contribution in [3.8, 4) is 11.3 Å². The first-order valence-corrected chi connectivity index (χ1v) is 12.2. The van der Waals surface area contributed by atoms with E-state index in [-0.39, 0.29) is 18.0 Å². The molecule has 0 saturated carbocycles. The molecule has 3 heterocycles. The minimum atomic E-state index is -0.553. The molecule has 0 spiro atoms. The smallest absolute Gasteiger partial charge is 0.328 e. The number of piperidine rings is 1. The first-order valence-electron chi connectivity index (χ1n) is 11.0. The third kappa shape index (κ3) is 4.61. The number of hydrogen-bond acceptors (Lipinski definition) is 7. The molecule has 1 aromatic carbocycles. The highest BCUT2D eigenvalue weighted by Gasteiger charge is 2.37. The largest absolute Gasteiger partial charge is 0.467 e. The highest BCUT2D eigenvalue weighted by molar-refractivity contribution is 7.98. The Kier molecular flexibility index (Phi) is 7.01. The van der Waals surface area contributed by atoms with Crippen molar-refractivity contribution < 1.29 is 19.4 Å². The Bertz CT molecular complexity index is 974. The Balaban J connectivity index is 1.70. The number of anilines is 1. The summed E-state index contributed by atoms with van der Waals surface area (Å²) in [5.41, 5.74) is 2.26. The molecule has 8 heteroatoms. The molecule has 4 rings (SSSR count). The predicted octanol–water partition coefficient (Wildman–Crippen LogP) is 3.21. The maximum atomic E-state index is 13.5. The van der Waals surface area contributed by atoms with Gasteiger partial charge in [0.05, 0.1) is 24.5 Å². The molecule has 0 radical (unpaired) electrons. The van der Waals surface area contributed by atoms with Crippen LogP contribution >= 0.6 is 11.8 Å². The molecule has 2 saturated heterocycles. The summed E-state index contributed by atoms with van der Waals surface area (Å²) in [7, 11) is 1.35. The zero-order valence-corrected chi connectivity index (χ0v) is 19.3. The van der Waals surface area contributed by atoms with Gasteiger partial charge in [0.1, 0.15) is 11.9 Å². The van der Waals surface area contributed by atoms with Crippen LogP contribution in [-0.4, -0.2) is 72.0 Å². The summed E-state index contributed by atoms with van der Waals surface area (Å²) in [6.07, 6.45) is 4.36.